The van der Waals surface area contributed by atoms with Crippen molar-refractivity contribution in [3.05, 3.63) is 17.0 Å². The number of sulfonamides is 1. The lowest BCUT2D eigenvalue weighted by Gasteiger charge is -2.29. The van der Waals surface area contributed by atoms with E-state index in [-0.39, 0.29) is 11.9 Å². The van der Waals surface area contributed by atoms with Crippen LogP contribution >= 0.6 is 11.3 Å². The molecular formula is C15H23N3O3S2. The standard InChI is InChI=1S/C15H23N3O3S2/c1-10(19)16-7-6-14-4-5-15(22-14)23(20,21)18-13-8-11-2-3-12(9-13)17-11/h4-5,11-13,17-18H,2-3,6-9H2,1H3,(H,16,19). The van der Waals surface area contributed by atoms with Crippen LogP contribution in [0.4, 0.5) is 0 Å². The van der Waals surface area contributed by atoms with Crippen LogP contribution in [0, 0.1) is 0 Å². The van der Waals surface area contributed by atoms with Crippen molar-refractivity contribution in [2.45, 2.75) is 61.4 Å². The van der Waals surface area contributed by atoms with E-state index in [1.165, 1.54) is 18.3 Å². The minimum absolute atomic E-state index is 0.0312. The molecule has 2 atom stereocenters. The van der Waals surface area contributed by atoms with Crippen molar-refractivity contribution in [3.63, 3.8) is 0 Å². The molecule has 23 heavy (non-hydrogen) atoms. The summed E-state index contributed by atoms with van der Waals surface area (Å²) < 4.78 is 28.3. The summed E-state index contributed by atoms with van der Waals surface area (Å²) in [7, 11) is -3.45. The highest BCUT2D eigenvalue weighted by molar-refractivity contribution is 7.91. The number of carbonyl (C=O) groups is 1. The zero-order valence-electron chi connectivity index (χ0n) is 13.2. The third-order valence-electron chi connectivity index (χ3n) is 4.44. The van der Waals surface area contributed by atoms with Gasteiger partial charge in [-0.05, 0) is 44.2 Å². The molecule has 1 aromatic heterocycles. The lowest BCUT2D eigenvalue weighted by atomic mass is 10.0. The van der Waals surface area contributed by atoms with Gasteiger partial charge in [0, 0.05) is 36.5 Å². The van der Waals surface area contributed by atoms with Crippen molar-refractivity contribution >= 4 is 27.3 Å². The first kappa shape index (κ1) is 16.9. The van der Waals surface area contributed by atoms with Crippen molar-refractivity contribution < 1.29 is 13.2 Å². The van der Waals surface area contributed by atoms with E-state index in [0.29, 0.717) is 29.3 Å². The van der Waals surface area contributed by atoms with Crippen molar-refractivity contribution in [3.8, 4) is 0 Å². The van der Waals surface area contributed by atoms with Crippen molar-refractivity contribution in [2.24, 2.45) is 0 Å². The number of rotatable bonds is 6. The molecule has 3 heterocycles. The molecule has 2 fully saturated rings. The van der Waals surface area contributed by atoms with Gasteiger partial charge in [0.15, 0.2) is 0 Å². The van der Waals surface area contributed by atoms with E-state index in [0.717, 1.165) is 30.6 Å². The fraction of sp³-hybridized carbons (Fsp3) is 0.667. The van der Waals surface area contributed by atoms with E-state index in [9.17, 15) is 13.2 Å². The first-order chi connectivity index (χ1) is 10.9. The first-order valence-electron chi connectivity index (χ1n) is 8.04. The molecule has 2 bridgehead atoms. The molecule has 0 radical (unpaired) electrons. The van der Waals surface area contributed by atoms with Gasteiger partial charge in [0.1, 0.15) is 4.21 Å². The quantitative estimate of drug-likeness (QED) is 0.708. The number of piperidine rings is 1. The smallest absolute Gasteiger partial charge is 0.250 e. The summed E-state index contributed by atoms with van der Waals surface area (Å²) >= 11 is 1.28. The lowest BCUT2D eigenvalue weighted by molar-refractivity contribution is -0.118. The minimum atomic E-state index is -3.45. The molecule has 8 heteroatoms. The monoisotopic (exact) mass is 357 g/mol. The highest BCUT2D eigenvalue weighted by Crippen LogP contribution is 2.29. The highest BCUT2D eigenvalue weighted by atomic mass is 32.2. The summed E-state index contributed by atoms with van der Waals surface area (Å²) in [6.45, 7) is 2.00. The molecular weight excluding hydrogens is 334 g/mol. The molecule has 2 unspecified atom stereocenters. The predicted molar refractivity (Wildman–Crippen MR) is 90.0 cm³/mol. The van der Waals surface area contributed by atoms with Crippen molar-refractivity contribution in [1.29, 1.82) is 0 Å². The van der Waals surface area contributed by atoms with Crippen LogP contribution in [0.2, 0.25) is 0 Å². The van der Waals surface area contributed by atoms with Gasteiger partial charge in [0.05, 0.1) is 0 Å². The fourth-order valence-electron chi connectivity index (χ4n) is 3.43. The summed E-state index contributed by atoms with van der Waals surface area (Å²) in [4.78, 5) is 11.8. The van der Waals surface area contributed by atoms with Gasteiger partial charge in [0.25, 0.3) is 0 Å². The summed E-state index contributed by atoms with van der Waals surface area (Å²) in [6, 6.07) is 4.43. The Morgan fingerprint density at radius 1 is 1.30 bits per heavy atom. The summed E-state index contributed by atoms with van der Waals surface area (Å²) in [5, 5.41) is 6.24. The number of nitrogens with one attached hydrogen (secondary N) is 3. The predicted octanol–water partition coefficient (Wildman–Crippen LogP) is 0.988. The van der Waals surface area contributed by atoms with Crippen molar-refractivity contribution in [1.82, 2.24) is 15.4 Å². The van der Waals surface area contributed by atoms with Gasteiger partial charge in [0.2, 0.25) is 15.9 Å². The molecule has 0 aromatic carbocycles. The molecule has 1 aromatic rings. The number of thiophene rings is 1. The maximum atomic E-state index is 12.5. The van der Waals surface area contributed by atoms with Gasteiger partial charge in [-0.3, -0.25) is 4.79 Å². The Hall–Kier alpha value is -0.960. The molecule has 0 spiro atoms. The molecule has 2 aliphatic heterocycles. The molecule has 3 N–H and O–H groups in total. The van der Waals surface area contributed by atoms with Crippen LogP contribution < -0.4 is 15.4 Å². The largest absolute Gasteiger partial charge is 0.356 e. The molecule has 6 nitrogen and oxygen atoms in total. The van der Waals surface area contributed by atoms with Gasteiger partial charge in [-0.2, -0.15) is 0 Å². The average Bonchev–Trinajstić information content (AvgIpc) is 3.05. The van der Waals surface area contributed by atoms with E-state index in [2.05, 4.69) is 15.4 Å². The van der Waals surface area contributed by atoms with Gasteiger partial charge >= 0.3 is 0 Å². The van der Waals surface area contributed by atoms with E-state index in [1.807, 2.05) is 6.07 Å². The number of hydrogen-bond acceptors (Lipinski definition) is 5. The summed E-state index contributed by atoms with van der Waals surface area (Å²) in [5.74, 6) is -0.0726. The second-order valence-electron chi connectivity index (χ2n) is 6.38. The van der Waals surface area contributed by atoms with E-state index in [4.69, 9.17) is 0 Å². The van der Waals surface area contributed by atoms with Crippen LogP contribution in [0.3, 0.4) is 0 Å². The van der Waals surface area contributed by atoms with Crippen LogP contribution in [0.1, 0.15) is 37.5 Å². The summed E-state index contributed by atoms with van der Waals surface area (Å²) in [6.07, 6.45) is 4.69. The minimum Gasteiger partial charge on any atom is -0.356 e. The van der Waals surface area contributed by atoms with E-state index >= 15 is 0 Å². The molecule has 2 aliphatic rings. The SMILES string of the molecule is CC(=O)NCCc1ccc(S(=O)(=O)NC2CC3CCC(C2)N3)s1. The Balaban J connectivity index is 1.59. The average molecular weight is 358 g/mol. The van der Waals surface area contributed by atoms with Gasteiger partial charge in [-0.25, -0.2) is 13.1 Å². The Morgan fingerprint density at radius 3 is 2.65 bits per heavy atom. The second kappa shape index (κ2) is 6.88. The maximum absolute atomic E-state index is 12.5. The van der Waals surface area contributed by atoms with E-state index in [1.54, 1.807) is 6.07 Å². The molecule has 0 saturated carbocycles. The zero-order chi connectivity index (χ0) is 16.4. The normalized spacial score (nSPS) is 27.1. The third kappa shape index (κ3) is 4.32. The van der Waals surface area contributed by atoms with E-state index < -0.39 is 10.0 Å². The highest BCUT2D eigenvalue weighted by Gasteiger charge is 2.35. The first-order valence-corrected chi connectivity index (χ1v) is 10.3. The Labute approximate surface area is 141 Å². The number of fused-ring (bicyclic) bond motifs is 2. The number of carbonyl (C=O) groups excluding carboxylic acids is 1. The number of hydrogen-bond donors (Lipinski definition) is 3. The van der Waals surface area contributed by atoms with Crippen LogP contribution in [0.25, 0.3) is 0 Å². The lowest BCUT2D eigenvalue weighted by Crippen LogP contribution is -2.47. The Kier molecular flexibility index (Phi) is 5.05. The zero-order valence-corrected chi connectivity index (χ0v) is 14.8. The van der Waals surface area contributed by atoms with Crippen LogP contribution in [-0.2, 0) is 21.2 Å². The third-order valence-corrected chi connectivity index (χ3v) is 7.60. The van der Waals surface area contributed by atoms with Crippen LogP contribution in [0.15, 0.2) is 16.3 Å². The Morgan fingerprint density at radius 2 is 2.00 bits per heavy atom. The molecule has 2 saturated heterocycles. The Bertz CT molecular complexity index is 659. The van der Waals surface area contributed by atoms with Gasteiger partial charge < -0.3 is 10.6 Å². The van der Waals surface area contributed by atoms with Crippen LogP contribution in [-0.4, -0.2) is 39.0 Å². The van der Waals surface area contributed by atoms with Crippen LogP contribution in [0.5, 0.6) is 0 Å². The topological polar surface area (TPSA) is 87.3 Å². The molecule has 128 valence electrons. The fourth-order valence-corrected chi connectivity index (χ4v) is 6.06. The van der Waals surface area contributed by atoms with Gasteiger partial charge in [-0.1, -0.05) is 0 Å². The number of amides is 1. The van der Waals surface area contributed by atoms with Gasteiger partial charge in [-0.15, -0.1) is 11.3 Å². The maximum Gasteiger partial charge on any atom is 0.250 e. The molecule has 3 rings (SSSR count). The molecule has 1 amide bonds. The molecule has 0 aliphatic carbocycles. The van der Waals surface area contributed by atoms with Crippen molar-refractivity contribution in [2.75, 3.05) is 6.54 Å². The summed E-state index contributed by atoms with van der Waals surface area (Å²) in [5.41, 5.74) is 0. The second-order valence-corrected chi connectivity index (χ2v) is 9.49.